The predicted octanol–water partition coefficient (Wildman–Crippen LogP) is 6.19. The summed E-state index contributed by atoms with van der Waals surface area (Å²) in [5, 5.41) is 0.553. The van der Waals surface area contributed by atoms with Gasteiger partial charge in [-0.2, -0.15) is 4.31 Å². The van der Waals surface area contributed by atoms with Crippen LogP contribution in [0.4, 0.5) is 0 Å². The van der Waals surface area contributed by atoms with Crippen molar-refractivity contribution in [1.82, 2.24) is 14.1 Å². The van der Waals surface area contributed by atoms with Gasteiger partial charge in [0.05, 0.1) is 4.90 Å². The normalized spacial score (nSPS) is 24.7. The number of hydrogen-bond donors (Lipinski definition) is 0. The lowest BCUT2D eigenvalue weighted by atomic mass is 9.80. The van der Waals surface area contributed by atoms with E-state index < -0.39 is 10.0 Å². The second-order valence-corrected chi connectivity index (χ2v) is 13.2. The first-order valence-corrected chi connectivity index (χ1v) is 16.4. The molecule has 6 nitrogen and oxygen atoms in total. The van der Waals surface area contributed by atoms with Crippen LogP contribution in [0.5, 0.6) is 0 Å². The van der Waals surface area contributed by atoms with Crippen LogP contribution < -0.4 is 0 Å². The van der Waals surface area contributed by atoms with Crippen molar-refractivity contribution >= 4 is 27.5 Å². The second kappa shape index (κ2) is 14.3. The zero-order chi connectivity index (χ0) is 26.9. The van der Waals surface area contributed by atoms with E-state index in [1.54, 1.807) is 28.6 Å². The summed E-state index contributed by atoms with van der Waals surface area (Å²) in [4.78, 5) is 17.6. The number of hydrogen-bond acceptors (Lipinski definition) is 4. The van der Waals surface area contributed by atoms with E-state index in [2.05, 4.69) is 16.7 Å². The Morgan fingerprint density at radius 3 is 2.22 bits per heavy atom. The number of amides is 1. The molecule has 8 heteroatoms. The molecule has 0 N–H and O–H groups in total. The van der Waals surface area contributed by atoms with Gasteiger partial charge < -0.3 is 4.90 Å². The fourth-order valence-corrected chi connectivity index (χ4v) is 7.60. The Kier molecular flexibility index (Phi) is 11.7. The van der Waals surface area contributed by atoms with Crippen molar-refractivity contribution in [3.63, 3.8) is 0 Å². The van der Waals surface area contributed by atoms with Crippen molar-refractivity contribution in [2.45, 2.75) is 102 Å². The molecule has 3 saturated heterocycles. The third-order valence-electron chi connectivity index (χ3n) is 8.11. The van der Waals surface area contributed by atoms with Gasteiger partial charge in [0.1, 0.15) is 0 Å². The van der Waals surface area contributed by atoms with Gasteiger partial charge in [-0.1, -0.05) is 51.6 Å². The summed E-state index contributed by atoms with van der Waals surface area (Å²) in [5.41, 5.74) is 0.324. The van der Waals surface area contributed by atoms with E-state index in [1.165, 1.54) is 51.5 Å². The van der Waals surface area contributed by atoms with Crippen molar-refractivity contribution in [3.8, 4) is 0 Å². The molecule has 1 saturated carbocycles. The summed E-state index contributed by atoms with van der Waals surface area (Å²) >= 11 is 5.74. The van der Waals surface area contributed by atoms with Crippen molar-refractivity contribution < 1.29 is 13.2 Å². The summed E-state index contributed by atoms with van der Waals surface area (Å²) < 4.78 is 25.9. The smallest absolute Gasteiger partial charge is 0.243 e. The van der Waals surface area contributed by atoms with Gasteiger partial charge in [-0.15, -0.1) is 0 Å². The van der Waals surface area contributed by atoms with Crippen LogP contribution in [0, 0.1) is 5.92 Å². The molecule has 1 atom stereocenters. The Bertz CT molecular complexity index is 942. The van der Waals surface area contributed by atoms with E-state index >= 15 is 0 Å². The molecule has 5 rings (SSSR count). The highest BCUT2D eigenvalue weighted by Crippen LogP contribution is 2.37. The number of piperazine rings is 1. The predicted molar refractivity (Wildman–Crippen MR) is 152 cm³/mol. The molecule has 0 bridgehead atoms. The van der Waals surface area contributed by atoms with Gasteiger partial charge in [0, 0.05) is 49.7 Å². The second-order valence-electron chi connectivity index (χ2n) is 10.8. The Morgan fingerprint density at radius 1 is 0.946 bits per heavy atom. The van der Waals surface area contributed by atoms with Crippen molar-refractivity contribution in [3.05, 3.63) is 29.3 Å². The van der Waals surface area contributed by atoms with Crippen LogP contribution in [0.15, 0.2) is 29.2 Å². The fraction of sp³-hybridized carbons (Fsp3) is 0.759. The van der Waals surface area contributed by atoms with Gasteiger partial charge in [-0.25, -0.2) is 8.42 Å². The van der Waals surface area contributed by atoms with Gasteiger partial charge in [0.25, 0.3) is 0 Å². The zero-order valence-corrected chi connectivity index (χ0v) is 24.8. The van der Waals surface area contributed by atoms with Crippen molar-refractivity contribution in [1.29, 1.82) is 0 Å². The van der Waals surface area contributed by atoms with Gasteiger partial charge in [-0.05, 0) is 81.7 Å². The van der Waals surface area contributed by atoms with E-state index in [-0.39, 0.29) is 0 Å². The SMILES string of the molecule is CC.CCCC12CCCCN1CCN(C(=O)CC1CC1)C2.O=S(=O)(c1ccc(Cl)cc1)N1CCCCC1. The molecule has 4 fully saturated rings. The number of halogens is 1. The van der Waals surface area contributed by atoms with E-state index in [0.717, 1.165) is 51.2 Å². The summed E-state index contributed by atoms with van der Waals surface area (Å²) in [7, 11) is -3.30. The maximum atomic E-state index is 12.4. The summed E-state index contributed by atoms with van der Waals surface area (Å²) in [6.45, 7) is 11.9. The average molecular weight is 554 g/mol. The average Bonchev–Trinajstić information content (AvgIpc) is 3.75. The van der Waals surface area contributed by atoms with Crippen LogP contribution in [-0.2, 0) is 14.8 Å². The first-order chi connectivity index (χ1) is 17.8. The molecule has 0 aromatic heterocycles. The van der Waals surface area contributed by atoms with Gasteiger partial charge in [0.15, 0.2) is 0 Å². The number of benzene rings is 1. The molecule has 1 aliphatic carbocycles. The van der Waals surface area contributed by atoms with E-state index in [4.69, 9.17) is 11.6 Å². The summed E-state index contributed by atoms with van der Waals surface area (Å²) in [6, 6.07) is 6.34. The Balaban J connectivity index is 0.000000195. The molecule has 0 spiro atoms. The fourth-order valence-electron chi connectivity index (χ4n) is 5.96. The number of fused-ring (bicyclic) bond motifs is 1. The van der Waals surface area contributed by atoms with Crippen molar-refractivity contribution in [2.75, 3.05) is 39.3 Å². The lowest BCUT2D eigenvalue weighted by molar-refractivity contribution is -0.139. The first-order valence-electron chi connectivity index (χ1n) is 14.6. The van der Waals surface area contributed by atoms with Gasteiger partial charge in [-0.3, -0.25) is 9.69 Å². The molecule has 3 aliphatic heterocycles. The molecule has 37 heavy (non-hydrogen) atoms. The molecule has 210 valence electrons. The maximum absolute atomic E-state index is 12.4. The number of sulfonamides is 1. The minimum atomic E-state index is -3.30. The van der Waals surface area contributed by atoms with Crippen LogP contribution in [0.25, 0.3) is 0 Å². The molecular formula is C29H48ClN3O3S. The molecule has 1 aromatic carbocycles. The molecule has 1 unspecified atom stereocenters. The van der Waals surface area contributed by atoms with Crippen molar-refractivity contribution in [2.24, 2.45) is 5.92 Å². The highest BCUT2D eigenvalue weighted by molar-refractivity contribution is 7.89. The monoisotopic (exact) mass is 553 g/mol. The van der Waals surface area contributed by atoms with E-state index in [1.807, 2.05) is 13.8 Å². The lowest BCUT2D eigenvalue weighted by Gasteiger charge is -2.53. The van der Waals surface area contributed by atoms with E-state index in [0.29, 0.717) is 34.5 Å². The summed E-state index contributed by atoms with van der Waals surface area (Å²) in [5.74, 6) is 1.15. The lowest BCUT2D eigenvalue weighted by Crippen LogP contribution is -2.64. The summed E-state index contributed by atoms with van der Waals surface area (Å²) in [6.07, 6.45) is 12.9. The molecule has 4 aliphatic rings. The topological polar surface area (TPSA) is 60.9 Å². The minimum absolute atomic E-state index is 0.324. The Labute approximate surface area is 230 Å². The molecule has 0 radical (unpaired) electrons. The highest BCUT2D eigenvalue weighted by atomic mass is 35.5. The quantitative estimate of drug-likeness (QED) is 0.421. The number of carbonyl (C=O) groups is 1. The van der Waals surface area contributed by atoms with Crippen LogP contribution in [0.3, 0.4) is 0 Å². The van der Waals surface area contributed by atoms with Crippen LogP contribution in [0.1, 0.15) is 91.4 Å². The first kappa shape index (κ1) is 30.4. The Morgan fingerprint density at radius 2 is 1.59 bits per heavy atom. The number of rotatable bonds is 6. The minimum Gasteiger partial charge on any atom is -0.340 e. The highest BCUT2D eigenvalue weighted by Gasteiger charge is 2.43. The Hall–Kier alpha value is -1.15. The molecule has 1 aromatic rings. The van der Waals surface area contributed by atoms with Gasteiger partial charge in [0.2, 0.25) is 15.9 Å². The number of carbonyl (C=O) groups excluding carboxylic acids is 1. The zero-order valence-electron chi connectivity index (χ0n) is 23.3. The molecule has 1 amide bonds. The standard InChI is InChI=1S/C16H28N2O.C11H14ClNO2S.C2H6/c1-2-7-16-8-3-4-9-18(16)11-10-17(13-16)15(19)12-14-5-6-14;12-10-4-6-11(7-5-10)16(14,15)13-8-2-1-3-9-13;1-2/h14H,2-13H2,1H3;4-7H,1-3,8-9H2;1-2H3. The van der Waals surface area contributed by atoms with E-state index in [9.17, 15) is 13.2 Å². The molecule has 3 heterocycles. The molecular weight excluding hydrogens is 506 g/mol. The number of nitrogens with zero attached hydrogens (tertiary/aromatic N) is 3. The van der Waals surface area contributed by atoms with Crippen LogP contribution >= 0.6 is 11.6 Å². The number of piperidine rings is 2. The third kappa shape index (κ3) is 8.17. The third-order valence-corrected chi connectivity index (χ3v) is 10.3. The van der Waals surface area contributed by atoms with Gasteiger partial charge >= 0.3 is 0 Å². The van der Waals surface area contributed by atoms with Crippen LogP contribution in [0.2, 0.25) is 5.02 Å². The maximum Gasteiger partial charge on any atom is 0.243 e. The van der Waals surface area contributed by atoms with Crippen LogP contribution in [-0.4, -0.2) is 73.2 Å². The largest absolute Gasteiger partial charge is 0.340 e.